The van der Waals surface area contributed by atoms with Gasteiger partial charge in [0, 0.05) is 26.9 Å². The maximum Gasteiger partial charge on any atom is 0.210 e. The summed E-state index contributed by atoms with van der Waals surface area (Å²) in [7, 11) is 0. The van der Waals surface area contributed by atoms with Crippen LogP contribution < -0.4 is 5.32 Å². The van der Waals surface area contributed by atoms with E-state index < -0.39 is 0 Å². The molecule has 0 atom stereocenters. The number of anilines is 1. The predicted molar refractivity (Wildman–Crippen MR) is 108 cm³/mol. The minimum atomic E-state index is 0.543. The van der Waals surface area contributed by atoms with Crippen LogP contribution in [-0.4, -0.2) is 21.5 Å². The van der Waals surface area contributed by atoms with Gasteiger partial charge >= 0.3 is 0 Å². The van der Waals surface area contributed by atoms with Gasteiger partial charge in [-0.3, -0.25) is 9.78 Å². The number of benzene rings is 1. The molecule has 4 rings (SSSR count). The van der Waals surface area contributed by atoms with E-state index >= 15 is 0 Å². The highest BCUT2D eigenvalue weighted by molar-refractivity contribution is 8.01. The zero-order valence-electron chi connectivity index (χ0n) is 13.4. The fraction of sp³-hybridized carbons (Fsp3) is 0. The van der Waals surface area contributed by atoms with Gasteiger partial charge in [0.25, 0.3) is 0 Å². The first-order chi connectivity index (χ1) is 12.7. The van der Waals surface area contributed by atoms with Crippen LogP contribution in [0, 0.1) is 0 Å². The van der Waals surface area contributed by atoms with Gasteiger partial charge in [-0.1, -0.05) is 53.9 Å². The molecule has 0 saturated heterocycles. The second-order valence-corrected chi connectivity index (χ2v) is 8.42. The largest absolute Gasteiger partial charge is 0.329 e. The summed E-state index contributed by atoms with van der Waals surface area (Å²) in [4.78, 5) is 17.7. The van der Waals surface area contributed by atoms with Crippen molar-refractivity contribution in [3.05, 3.63) is 65.0 Å². The highest BCUT2D eigenvalue weighted by Gasteiger charge is 2.14. The number of rotatable bonds is 6. The summed E-state index contributed by atoms with van der Waals surface area (Å²) < 4.78 is 0.742. The molecule has 1 aromatic carbocycles. The molecular weight excluding hydrogens is 384 g/mol. The van der Waals surface area contributed by atoms with Gasteiger partial charge in [0.2, 0.25) is 5.13 Å². The average Bonchev–Trinajstić information content (AvgIpc) is 3.34. The zero-order valence-corrected chi connectivity index (χ0v) is 15.8. The number of thiophene rings is 1. The average molecular weight is 397 g/mol. The molecule has 5 nitrogen and oxygen atoms in total. The second kappa shape index (κ2) is 7.36. The van der Waals surface area contributed by atoms with Crippen molar-refractivity contribution in [2.75, 3.05) is 5.32 Å². The van der Waals surface area contributed by atoms with Crippen LogP contribution in [-0.2, 0) is 0 Å². The predicted octanol–water partition coefficient (Wildman–Crippen LogP) is 5.19. The third-order valence-corrected chi connectivity index (χ3v) is 6.53. The summed E-state index contributed by atoms with van der Waals surface area (Å²) in [6.07, 6.45) is 2.41. The van der Waals surface area contributed by atoms with E-state index in [1.807, 2.05) is 41.8 Å². The van der Waals surface area contributed by atoms with E-state index in [9.17, 15) is 4.79 Å². The lowest BCUT2D eigenvalue weighted by Gasteiger charge is -2.06. The zero-order chi connectivity index (χ0) is 17.9. The molecule has 0 aliphatic carbocycles. The van der Waals surface area contributed by atoms with Crippen molar-refractivity contribution in [1.29, 1.82) is 0 Å². The fourth-order valence-corrected chi connectivity index (χ4v) is 4.93. The van der Waals surface area contributed by atoms with Crippen LogP contribution in [0.1, 0.15) is 15.2 Å². The standard InChI is InChI=1S/C18H12N4OS3/c1-11(15-7-4-8-24-15)20-17-21-22-18(26-17)25-16-12(10-23)9-19-14-6-3-2-5-13(14)16/h2-10H,1H2,(H,20,21). The lowest BCUT2D eigenvalue weighted by Crippen LogP contribution is -1.94. The van der Waals surface area contributed by atoms with E-state index in [0.717, 1.165) is 37.0 Å². The Bertz CT molecular complexity index is 1090. The first kappa shape index (κ1) is 16.9. The molecule has 3 heterocycles. The van der Waals surface area contributed by atoms with Crippen LogP contribution in [0.3, 0.4) is 0 Å². The van der Waals surface area contributed by atoms with Crippen LogP contribution in [0.2, 0.25) is 0 Å². The van der Waals surface area contributed by atoms with Gasteiger partial charge in [-0.25, -0.2) is 0 Å². The molecule has 3 aromatic heterocycles. The van der Waals surface area contributed by atoms with Gasteiger partial charge in [-0.2, -0.15) is 0 Å². The molecule has 4 aromatic rings. The van der Waals surface area contributed by atoms with Crippen LogP contribution in [0.5, 0.6) is 0 Å². The van der Waals surface area contributed by atoms with E-state index in [4.69, 9.17) is 0 Å². The molecule has 128 valence electrons. The van der Waals surface area contributed by atoms with Gasteiger partial charge < -0.3 is 5.32 Å². The van der Waals surface area contributed by atoms with E-state index in [1.54, 1.807) is 17.5 Å². The number of nitrogens with one attached hydrogen (secondary N) is 1. The van der Waals surface area contributed by atoms with Crippen molar-refractivity contribution in [3.63, 3.8) is 0 Å². The fourth-order valence-electron chi connectivity index (χ4n) is 2.36. The Morgan fingerprint density at radius 1 is 1.19 bits per heavy atom. The number of carbonyl (C=O) groups is 1. The molecule has 0 aliphatic heterocycles. The van der Waals surface area contributed by atoms with Gasteiger partial charge in [0.15, 0.2) is 10.6 Å². The number of pyridine rings is 1. The Balaban J connectivity index is 1.61. The van der Waals surface area contributed by atoms with Crippen LogP contribution in [0.4, 0.5) is 5.13 Å². The SMILES string of the molecule is C=C(Nc1nnc(Sc2c(C=O)cnc3ccccc23)s1)c1cccs1. The minimum Gasteiger partial charge on any atom is -0.329 e. The van der Waals surface area contributed by atoms with Gasteiger partial charge in [-0.15, -0.1) is 21.5 Å². The molecule has 0 bridgehead atoms. The summed E-state index contributed by atoms with van der Waals surface area (Å²) >= 11 is 4.45. The number of aldehydes is 1. The number of nitrogens with zero attached hydrogens (tertiary/aromatic N) is 3. The number of fused-ring (bicyclic) bond motifs is 1. The number of aromatic nitrogens is 3. The lowest BCUT2D eigenvalue weighted by molar-refractivity contribution is 0.112. The minimum absolute atomic E-state index is 0.543. The highest BCUT2D eigenvalue weighted by atomic mass is 32.2. The monoisotopic (exact) mass is 396 g/mol. The van der Waals surface area contributed by atoms with Crippen LogP contribution in [0.25, 0.3) is 16.6 Å². The van der Waals surface area contributed by atoms with Crippen molar-refractivity contribution in [3.8, 4) is 0 Å². The quantitative estimate of drug-likeness (QED) is 0.452. The van der Waals surface area contributed by atoms with E-state index in [2.05, 4.69) is 27.1 Å². The van der Waals surface area contributed by atoms with Crippen molar-refractivity contribution >= 4 is 62.5 Å². The Morgan fingerprint density at radius 2 is 2.08 bits per heavy atom. The lowest BCUT2D eigenvalue weighted by atomic mass is 10.2. The van der Waals surface area contributed by atoms with Crippen LogP contribution >= 0.6 is 34.4 Å². The highest BCUT2D eigenvalue weighted by Crippen LogP contribution is 2.38. The Labute approximate surface area is 161 Å². The van der Waals surface area contributed by atoms with Crippen molar-refractivity contribution in [1.82, 2.24) is 15.2 Å². The summed E-state index contributed by atoms with van der Waals surface area (Å²) in [5, 5.41) is 15.2. The summed E-state index contributed by atoms with van der Waals surface area (Å²) in [5.41, 5.74) is 2.17. The van der Waals surface area contributed by atoms with Crippen molar-refractivity contribution in [2.24, 2.45) is 0 Å². The third kappa shape index (κ3) is 3.39. The molecular formula is C18H12N4OS3. The summed E-state index contributed by atoms with van der Waals surface area (Å²) in [6, 6.07) is 11.7. The topological polar surface area (TPSA) is 67.8 Å². The smallest absolute Gasteiger partial charge is 0.210 e. The third-order valence-electron chi connectivity index (χ3n) is 3.55. The molecule has 0 unspecified atom stereocenters. The van der Waals surface area contributed by atoms with Gasteiger partial charge in [-0.05, 0) is 17.5 Å². The van der Waals surface area contributed by atoms with Gasteiger partial charge in [0.1, 0.15) is 0 Å². The molecule has 0 fully saturated rings. The second-order valence-electron chi connectivity index (χ2n) is 5.23. The maximum atomic E-state index is 11.4. The molecule has 0 aliphatic rings. The Kier molecular flexibility index (Phi) is 4.79. The molecule has 0 saturated carbocycles. The molecule has 8 heteroatoms. The number of hydrogen-bond donors (Lipinski definition) is 1. The maximum absolute atomic E-state index is 11.4. The Hall–Kier alpha value is -2.55. The normalized spacial score (nSPS) is 10.8. The van der Waals surface area contributed by atoms with E-state index in [0.29, 0.717) is 10.7 Å². The first-order valence-electron chi connectivity index (χ1n) is 7.58. The number of hydrogen-bond acceptors (Lipinski definition) is 8. The number of para-hydroxylation sites is 1. The van der Waals surface area contributed by atoms with Crippen molar-refractivity contribution in [2.45, 2.75) is 9.24 Å². The van der Waals surface area contributed by atoms with E-state index in [1.165, 1.54) is 23.1 Å². The molecule has 1 N–H and O–H groups in total. The summed E-state index contributed by atoms with van der Waals surface area (Å²) in [5.74, 6) is 0. The molecule has 0 radical (unpaired) electrons. The first-order valence-corrected chi connectivity index (χ1v) is 10.1. The summed E-state index contributed by atoms with van der Waals surface area (Å²) in [6.45, 7) is 4.03. The molecule has 0 spiro atoms. The van der Waals surface area contributed by atoms with Gasteiger partial charge in [0.05, 0.1) is 11.2 Å². The van der Waals surface area contributed by atoms with E-state index in [-0.39, 0.29) is 0 Å². The van der Waals surface area contributed by atoms with Crippen molar-refractivity contribution < 1.29 is 4.79 Å². The Morgan fingerprint density at radius 3 is 2.88 bits per heavy atom. The molecule has 0 amide bonds. The molecule has 26 heavy (non-hydrogen) atoms. The number of carbonyl (C=O) groups excluding carboxylic acids is 1. The van der Waals surface area contributed by atoms with Crippen LogP contribution in [0.15, 0.2) is 63.8 Å².